The molecule has 0 aliphatic rings. The topological polar surface area (TPSA) is 20.2 Å². The van der Waals surface area contributed by atoms with Crippen molar-refractivity contribution in [1.82, 2.24) is 0 Å². The molecule has 0 aromatic heterocycles. The summed E-state index contributed by atoms with van der Waals surface area (Å²) in [4.78, 5) is 0. The van der Waals surface area contributed by atoms with Crippen LogP contribution in [0.3, 0.4) is 0 Å². The van der Waals surface area contributed by atoms with Gasteiger partial charge in [0.15, 0.2) is 0 Å². The first-order valence-corrected chi connectivity index (χ1v) is 6.71. The van der Waals surface area contributed by atoms with Crippen LogP contribution >= 0.6 is 27.5 Å². The number of halogens is 4. The Hall–Kier alpha value is -0.970. The van der Waals surface area contributed by atoms with Gasteiger partial charge in [0.1, 0.15) is 11.6 Å². The first-order valence-electron chi connectivity index (χ1n) is 5.53. The van der Waals surface area contributed by atoms with Crippen molar-refractivity contribution >= 4 is 27.5 Å². The van der Waals surface area contributed by atoms with E-state index < -0.39 is 17.7 Å². The van der Waals surface area contributed by atoms with Gasteiger partial charge in [0.05, 0.1) is 6.10 Å². The van der Waals surface area contributed by atoms with Gasteiger partial charge < -0.3 is 5.11 Å². The molecule has 19 heavy (non-hydrogen) atoms. The molecular formula is C14H10BrClF2O. The van der Waals surface area contributed by atoms with Crippen molar-refractivity contribution in [3.8, 4) is 0 Å². The Morgan fingerprint density at radius 1 is 1.16 bits per heavy atom. The second-order valence-electron chi connectivity index (χ2n) is 4.16. The summed E-state index contributed by atoms with van der Waals surface area (Å²) in [7, 11) is 0. The van der Waals surface area contributed by atoms with Crippen LogP contribution in [0, 0.1) is 11.6 Å². The molecule has 1 N–H and O–H groups in total. The number of hydrogen-bond acceptors (Lipinski definition) is 1. The molecule has 0 saturated carbocycles. The Morgan fingerprint density at radius 3 is 2.58 bits per heavy atom. The molecule has 2 rings (SSSR count). The number of rotatable bonds is 3. The van der Waals surface area contributed by atoms with Gasteiger partial charge in [-0.3, -0.25) is 0 Å². The SMILES string of the molecule is OC(Cc1cc(Br)ccc1F)c1cc(F)cc(Cl)c1. The lowest BCUT2D eigenvalue weighted by Gasteiger charge is -2.12. The van der Waals surface area contributed by atoms with Crippen LogP contribution in [0.15, 0.2) is 40.9 Å². The van der Waals surface area contributed by atoms with Crippen molar-refractivity contribution in [2.24, 2.45) is 0 Å². The largest absolute Gasteiger partial charge is 0.388 e. The lowest BCUT2D eigenvalue weighted by atomic mass is 10.0. The van der Waals surface area contributed by atoms with E-state index in [-0.39, 0.29) is 11.4 Å². The molecule has 0 spiro atoms. The zero-order valence-electron chi connectivity index (χ0n) is 9.71. The molecule has 2 aromatic carbocycles. The fourth-order valence-corrected chi connectivity index (χ4v) is 2.43. The third-order valence-electron chi connectivity index (χ3n) is 2.69. The van der Waals surface area contributed by atoms with E-state index in [0.717, 1.165) is 6.07 Å². The molecule has 5 heteroatoms. The van der Waals surface area contributed by atoms with Crippen LogP contribution in [-0.2, 0) is 6.42 Å². The molecule has 1 unspecified atom stereocenters. The second-order valence-corrected chi connectivity index (χ2v) is 5.51. The summed E-state index contributed by atoms with van der Waals surface area (Å²) in [5.41, 5.74) is 0.673. The average molecular weight is 348 g/mol. The summed E-state index contributed by atoms with van der Waals surface area (Å²) in [5.74, 6) is -0.944. The molecule has 100 valence electrons. The van der Waals surface area contributed by atoms with Crippen molar-refractivity contribution < 1.29 is 13.9 Å². The maximum Gasteiger partial charge on any atom is 0.126 e. The molecule has 0 radical (unpaired) electrons. The lowest BCUT2D eigenvalue weighted by Crippen LogP contribution is -2.04. The van der Waals surface area contributed by atoms with Gasteiger partial charge in [0.2, 0.25) is 0 Å². The Labute approximate surface area is 123 Å². The van der Waals surface area contributed by atoms with E-state index in [2.05, 4.69) is 15.9 Å². The number of hydrogen-bond donors (Lipinski definition) is 1. The molecule has 0 saturated heterocycles. The molecule has 0 aliphatic heterocycles. The quantitative estimate of drug-likeness (QED) is 0.856. The molecule has 2 aromatic rings. The first kappa shape index (κ1) is 14.4. The van der Waals surface area contributed by atoms with Gasteiger partial charge in [-0.25, -0.2) is 8.78 Å². The van der Waals surface area contributed by atoms with E-state index >= 15 is 0 Å². The molecule has 0 aliphatic carbocycles. The van der Waals surface area contributed by atoms with Crippen molar-refractivity contribution in [3.05, 3.63) is 68.7 Å². The fourth-order valence-electron chi connectivity index (χ4n) is 1.79. The third-order valence-corrected chi connectivity index (χ3v) is 3.40. The Balaban J connectivity index is 2.25. The standard InChI is InChI=1S/C14H10BrClF2O/c15-10-1-2-13(18)8(3-10)6-14(19)9-4-11(16)7-12(17)5-9/h1-5,7,14,19H,6H2. The highest BCUT2D eigenvalue weighted by Gasteiger charge is 2.13. The molecular weight excluding hydrogens is 338 g/mol. The van der Waals surface area contributed by atoms with E-state index in [9.17, 15) is 13.9 Å². The van der Waals surface area contributed by atoms with Gasteiger partial charge in [0, 0.05) is 15.9 Å². The molecule has 1 nitrogen and oxygen atoms in total. The lowest BCUT2D eigenvalue weighted by molar-refractivity contribution is 0.176. The van der Waals surface area contributed by atoms with Crippen molar-refractivity contribution in [2.45, 2.75) is 12.5 Å². The monoisotopic (exact) mass is 346 g/mol. The Bertz CT molecular complexity index is 584. The zero-order valence-corrected chi connectivity index (χ0v) is 12.0. The number of benzene rings is 2. The minimum Gasteiger partial charge on any atom is -0.388 e. The van der Waals surface area contributed by atoms with Crippen LogP contribution < -0.4 is 0 Å². The summed E-state index contributed by atoms with van der Waals surface area (Å²) < 4.78 is 27.5. The predicted molar refractivity (Wildman–Crippen MR) is 74.2 cm³/mol. The van der Waals surface area contributed by atoms with Crippen molar-refractivity contribution in [1.29, 1.82) is 0 Å². The minimum absolute atomic E-state index is 0.0467. The highest BCUT2D eigenvalue weighted by molar-refractivity contribution is 9.10. The fraction of sp³-hybridized carbons (Fsp3) is 0.143. The molecule has 0 heterocycles. The summed E-state index contributed by atoms with van der Waals surface area (Å²) >= 11 is 8.96. The van der Waals surface area contributed by atoms with E-state index in [0.29, 0.717) is 15.6 Å². The van der Waals surface area contributed by atoms with Crippen LogP contribution in [0.25, 0.3) is 0 Å². The Morgan fingerprint density at radius 2 is 1.89 bits per heavy atom. The third kappa shape index (κ3) is 3.75. The predicted octanol–water partition coefficient (Wildman–Crippen LogP) is 4.66. The summed E-state index contributed by atoms with van der Waals surface area (Å²) in [6, 6.07) is 8.27. The number of aliphatic hydroxyl groups is 1. The second kappa shape index (κ2) is 5.99. The van der Waals surface area contributed by atoms with E-state index in [1.165, 1.54) is 18.2 Å². The smallest absolute Gasteiger partial charge is 0.126 e. The van der Waals surface area contributed by atoms with Crippen LogP contribution in [0.4, 0.5) is 8.78 Å². The van der Waals surface area contributed by atoms with Gasteiger partial charge in [-0.2, -0.15) is 0 Å². The van der Waals surface area contributed by atoms with Gasteiger partial charge in [0.25, 0.3) is 0 Å². The minimum atomic E-state index is -1.02. The average Bonchev–Trinajstić information content (AvgIpc) is 2.32. The normalized spacial score (nSPS) is 12.5. The Kier molecular flexibility index (Phi) is 4.55. The van der Waals surface area contributed by atoms with Gasteiger partial charge in [-0.05, 0) is 47.5 Å². The molecule has 0 amide bonds. The van der Waals surface area contributed by atoms with E-state index in [1.54, 1.807) is 12.1 Å². The highest BCUT2D eigenvalue weighted by Crippen LogP contribution is 2.25. The van der Waals surface area contributed by atoms with Gasteiger partial charge >= 0.3 is 0 Å². The zero-order chi connectivity index (χ0) is 14.0. The summed E-state index contributed by atoms with van der Waals surface area (Å²) in [5, 5.41) is 10.2. The van der Waals surface area contributed by atoms with Crippen LogP contribution in [0.1, 0.15) is 17.2 Å². The summed E-state index contributed by atoms with van der Waals surface area (Å²) in [6.45, 7) is 0. The molecule has 1 atom stereocenters. The van der Waals surface area contributed by atoms with E-state index in [4.69, 9.17) is 11.6 Å². The van der Waals surface area contributed by atoms with E-state index in [1.807, 2.05) is 0 Å². The number of aliphatic hydroxyl groups excluding tert-OH is 1. The van der Waals surface area contributed by atoms with Crippen LogP contribution in [0.5, 0.6) is 0 Å². The molecule has 0 bridgehead atoms. The van der Waals surface area contributed by atoms with Crippen molar-refractivity contribution in [3.63, 3.8) is 0 Å². The van der Waals surface area contributed by atoms with Gasteiger partial charge in [-0.1, -0.05) is 27.5 Å². The van der Waals surface area contributed by atoms with Crippen LogP contribution in [-0.4, -0.2) is 5.11 Å². The van der Waals surface area contributed by atoms with Gasteiger partial charge in [-0.15, -0.1) is 0 Å². The maximum absolute atomic E-state index is 13.6. The van der Waals surface area contributed by atoms with Crippen molar-refractivity contribution in [2.75, 3.05) is 0 Å². The highest BCUT2D eigenvalue weighted by atomic mass is 79.9. The molecule has 0 fully saturated rings. The summed E-state index contributed by atoms with van der Waals surface area (Å²) in [6.07, 6.45) is -0.970. The first-order chi connectivity index (χ1) is 8.95. The van der Waals surface area contributed by atoms with Crippen LogP contribution in [0.2, 0.25) is 5.02 Å². The maximum atomic E-state index is 13.6.